The molecule has 1 aromatic carbocycles. The Bertz CT molecular complexity index is 540. The van der Waals surface area contributed by atoms with Crippen LogP contribution in [0.25, 0.3) is 0 Å². The molecule has 0 fully saturated rings. The van der Waals surface area contributed by atoms with Crippen LogP contribution in [0, 0.1) is 0 Å². The predicted molar refractivity (Wildman–Crippen MR) is 70.3 cm³/mol. The zero-order chi connectivity index (χ0) is 13.1. The molecule has 0 aliphatic heterocycles. The quantitative estimate of drug-likeness (QED) is 0.894. The summed E-state index contributed by atoms with van der Waals surface area (Å²) in [4.78, 5) is 11.7. The fourth-order valence-electron chi connectivity index (χ4n) is 1.53. The molecule has 0 saturated heterocycles. The van der Waals surface area contributed by atoms with Gasteiger partial charge in [-0.3, -0.25) is 0 Å². The normalized spacial score (nSPS) is 10.8. The van der Waals surface area contributed by atoms with E-state index < -0.39 is 5.97 Å². The van der Waals surface area contributed by atoms with Crippen molar-refractivity contribution >= 4 is 17.7 Å². The minimum atomic E-state index is -1.04. The Labute approximate surface area is 110 Å². The van der Waals surface area contributed by atoms with Crippen LogP contribution in [0.2, 0.25) is 0 Å². The second-order valence-electron chi connectivity index (χ2n) is 4.25. The van der Waals surface area contributed by atoms with Crippen LogP contribution in [0.3, 0.4) is 0 Å². The van der Waals surface area contributed by atoms with Gasteiger partial charge in [-0.25, -0.2) is 4.79 Å². The molecule has 3 nitrogen and oxygen atoms in total. The maximum Gasteiger partial charge on any atom is 0.371 e. The van der Waals surface area contributed by atoms with Crippen molar-refractivity contribution in [3.05, 3.63) is 47.7 Å². The molecular formula is C14H14O3S. The Kier molecular flexibility index (Phi) is 3.77. The zero-order valence-electron chi connectivity index (χ0n) is 10.2. The number of benzene rings is 1. The number of hydrogen-bond donors (Lipinski definition) is 1. The Hall–Kier alpha value is -1.68. The largest absolute Gasteiger partial charge is 0.475 e. The van der Waals surface area contributed by atoms with Gasteiger partial charge >= 0.3 is 5.97 Å². The molecule has 0 unspecified atom stereocenters. The average molecular weight is 262 g/mol. The zero-order valence-corrected chi connectivity index (χ0v) is 11.0. The smallest absolute Gasteiger partial charge is 0.371 e. The van der Waals surface area contributed by atoms with Crippen molar-refractivity contribution in [3.63, 3.8) is 0 Å². The van der Waals surface area contributed by atoms with Crippen molar-refractivity contribution in [2.75, 3.05) is 0 Å². The molecular weight excluding hydrogens is 248 g/mol. The molecule has 0 aliphatic carbocycles. The maximum atomic E-state index is 10.7. The molecule has 2 aromatic rings. The van der Waals surface area contributed by atoms with Gasteiger partial charge in [-0.1, -0.05) is 37.7 Å². The molecule has 94 valence electrons. The maximum absolute atomic E-state index is 10.7. The Morgan fingerprint density at radius 1 is 1.17 bits per heavy atom. The van der Waals surface area contributed by atoms with E-state index in [1.165, 1.54) is 23.4 Å². The number of rotatable bonds is 4. The number of hydrogen-bond acceptors (Lipinski definition) is 3. The first-order valence-electron chi connectivity index (χ1n) is 5.67. The highest BCUT2D eigenvalue weighted by molar-refractivity contribution is 7.99. The first-order valence-corrected chi connectivity index (χ1v) is 6.49. The van der Waals surface area contributed by atoms with E-state index >= 15 is 0 Å². The van der Waals surface area contributed by atoms with Crippen molar-refractivity contribution in [2.24, 2.45) is 0 Å². The molecule has 4 heteroatoms. The molecule has 1 aromatic heterocycles. The number of carboxylic acids is 1. The van der Waals surface area contributed by atoms with Gasteiger partial charge in [0.25, 0.3) is 0 Å². The Balaban J connectivity index is 2.10. The van der Waals surface area contributed by atoms with Crippen LogP contribution in [0.5, 0.6) is 0 Å². The highest BCUT2D eigenvalue weighted by Crippen LogP contribution is 2.30. The third-order valence-electron chi connectivity index (χ3n) is 2.56. The second-order valence-corrected chi connectivity index (χ2v) is 5.33. The summed E-state index contributed by atoms with van der Waals surface area (Å²) < 4.78 is 5.19. The summed E-state index contributed by atoms with van der Waals surface area (Å²) in [6.07, 6.45) is 0. The SMILES string of the molecule is CC(C)c1ccc(Sc2ccc(C(=O)O)o2)cc1. The molecule has 0 saturated carbocycles. The Morgan fingerprint density at radius 2 is 1.83 bits per heavy atom. The van der Waals surface area contributed by atoms with Crippen molar-refractivity contribution in [1.29, 1.82) is 0 Å². The van der Waals surface area contributed by atoms with E-state index in [0.717, 1.165) is 4.90 Å². The molecule has 0 aliphatic rings. The van der Waals surface area contributed by atoms with E-state index in [1.807, 2.05) is 12.1 Å². The summed E-state index contributed by atoms with van der Waals surface area (Å²) >= 11 is 1.42. The molecule has 0 amide bonds. The summed E-state index contributed by atoms with van der Waals surface area (Å²) in [5.41, 5.74) is 1.28. The number of carboxylic acid groups (broad SMARTS) is 1. The molecule has 1 N–H and O–H groups in total. The number of furan rings is 1. The van der Waals surface area contributed by atoms with Gasteiger partial charge in [-0.2, -0.15) is 0 Å². The summed E-state index contributed by atoms with van der Waals surface area (Å²) in [6, 6.07) is 11.3. The highest BCUT2D eigenvalue weighted by Gasteiger charge is 2.09. The van der Waals surface area contributed by atoms with Crippen LogP contribution in [0.1, 0.15) is 35.9 Å². The van der Waals surface area contributed by atoms with E-state index in [0.29, 0.717) is 11.0 Å². The lowest BCUT2D eigenvalue weighted by atomic mass is 10.0. The van der Waals surface area contributed by atoms with Crippen molar-refractivity contribution < 1.29 is 14.3 Å². The van der Waals surface area contributed by atoms with E-state index in [-0.39, 0.29) is 5.76 Å². The molecule has 1 heterocycles. The van der Waals surface area contributed by atoms with Gasteiger partial charge in [0.1, 0.15) is 0 Å². The van der Waals surface area contributed by atoms with Gasteiger partial charge < -0.3 is 9.52 Å². The van der Waals surface area contributed by atoms with Gasteiger partial charge in [-0.15, -0.1) is 0 Å². The van der Waals surface area contributed by atoms with Crippen LogP contribution in [-0.2, 0) is 0 Å². The summed E-state index contributed by atoms with van der Waals surface area (Å²) in [5, 5.41) is 9.35. The summed E-state index contributed by atoms with van der Waals surface area (Å²) in [5.74, 6) is -0.570. The number of aromatic carboxylic acids is 1. The minimum Gasteiger partial charge on any atom is -0.475 e. The van der Waals surface area contributed by atoms with Crippen LogP contribution >= 0.6 is 11.8 Å². The van der Waals surface area contributed by atoms with Gasteiger partial charge in [0, 0.05) is 4.90 Å². The average Bonchev–Trinajstić information content (AvgIpc) is 2.78. The molecule has 0 atom stereocenters. The molecule has 0 bridgehead atoms. The standard InChI is InChI=1S/C14H14O3S/c1-9(2)10-3-5-11(6-4-10)18-13-8-7-12(17-13)14(15)16/h3-9H,1-2H3,(H,15,16). The van der Waals surface area contributed by atoms with Crippen molar-refractivity contribution in [2.45, 2.75) is 29.8 Å². The first-order chi connectivity index (χ1) is 8.56. The Morgan fingerprint density at radius 3 is 2.33 bits per heavy atom. The van der Waals surface area contributed by atoms with E-state index in [4.69, 9.17) is 9.52 Å². The fourth-order valence-corrected chi connectivity index (χ4v) is 2.30. The van der Waals surface area contributed by atoms with Crippen LogP contribution < -0.4 is 0 Å². The lowest BCUT2D eigenvalue weighted by molar-refractivity contribution is 0.0656. The molecule has 18 heavy (non-hydrogen) atoms. The third-order valence-corrected chi connectivity index (χ3v) is 3.49. The molecule has 0 spiro atoms. The second kappa shape index (κ2) is 5.31. The van der Waals surface area contributed by atoms with E-state index in [1.54, 1.807) is 6.07 Å². The van der Waals surface area contributed by atoms with Crippen LogP contribution in [0.15, 0.2) is 50.8 Å². The van der Waals surface area contributed by atoms with Crippen LogP contribution in [-0.4, -0.2) is 11.1 Å². The predicted octanol–water partition coefficient (Wildman–Crippen LogP) is 4.25. The van der Waals surface area contributed by atoms with Crippen LogP contribution in [0.4, 0.5) is 0 Å². The highest BCUT2D eigenvalue weighted by atomic mass is 32.2. The van der Waals surface area contributed by atoms with Gasteiger partial charge in [0.2, 0.25) is 5.76 Å². The lowest BCUT2D eigenvalue weighted by Crippen LogP contribution is -1.91. The summed E-state index contributed by atoms with van der Waals surface area (Å²) in [7, 11) is 0. The fraction of sp³-hybridized carbons (Fsp3) is 0.214. The van der Waals surface area contributed by atoms with Gasteiger partial charge in [0.05, 0.1) is 0 Å². The van der Waals surface area contributed by atoms with E-state index in [2.05, 4.69) is 26.0 Å². The molecule has 2 rings (SSSR count). The van der Waals surface area contributed by atoms with Crippen molar-refractivity contribution in [3.8, 4) is 0 Å². The van der Waals surface area contributed by atoms with Crippen molar-refractivity contribution in [1.82, 2.24) is 0 Å². The minimum absolute atomic E-state index is 0.0312. The summed E-state index contributed by atoms with van der Waals surface area (Å²) in [6.45, 7) is 4.29. The van der Waals surface area contributed by atoms with Gasteiger partial charge in [0.15, 0.2) is 5.09 Å². The topological polar surface area (TPSA) is 50.4 Å². The molecule has 0 radical (unpaired) electrons. The monoisotopic (exact) mass is 262 g/mol. The number of carbonyl (C=O) groups is 1. The lowest BCUT2D eigenvalue weighted by Gasteiger charge is -2.05. The first kappa shape index (κ1) is 12.8. The van der Waals surface area contributed by atoms with Gasteiger partial charge in [-0.05, 0) is 35.7 Å². The third kappa shape index (κ3) is 2.96. The van der Waals surface area contributed by atoms with E-state index in [9.17, 15) is 4.79 Å².